The van der Waals surface area contributed by atoms with Crippen LogP contribution < -0.4 is 16.2 Å². The van der Waals surface area contributed by atoms with Crippen LogP contribution in [0.1, 0.15) is 25.8 Å². The van der Waals surface area contributed by atoms with Gasteiger partial charge in [0.05, 0.1) is 15.7 Å². The van der Waals surface area contributed by atoms with Crippen LogP contribution in [-0.4, -0.2) is 53.3 Å². The third-order valence-corrected chi connectivity index (χ3v) is 8.56. The lowest BCUT2D eigenvalue weighted by atomic mass is 9.72. The molecule has 2 atom stereocenters. The van der Waals surface area contributed by atoms with Crippen LogP contribution in [0.2, 0.25) is 0 Å². The number of nitrogens with two attached hydrogens (primary N) is 2. The Balaban J connectivity index is 1.87. The fourth-order valence-electron chi connectivity index (χ4n) is 4.19. The molecule has 33 heavy (non-hydrogen) atoms. The summed E-state index contributed by atoms with van der Waals surface area (Å²) >= 11 is 0. The Morgan fingerprint density at radius 2 is 1.73 bits per heavy atom. The van der Waals surface area contributed by atoms with Gasteiger partial charge in [0.25, 0.3) is 0 Å². The van der Waals surface area contributed by atoms with Crippen molar-refractivity contribution in [1.29, 1.82) is 0 Å². The molecule has 1 saturated heterocycles. The highest BCUT2D eigenvalue weighted by Crippen LogP contribution is 2.41. The molecule has 2 amide bonds. The number of amides is 2. The highest BCUT2D eigenvalue weighted by atomic mass is 32.2. The van der Waals surface area contributed by atoms with Gasteiger partial charge in [-0.15, -0.1) is 0 Å². The molecule has 178 valence electrons. The smallest absolute Gasteiger partial charge is 0.327 e. The van der Waals surface area contributed by atoms with Gasteiger partial charge in [-0.05, 0) is 62.2 Å². The number of benzene rings is 2. The van der Waals surface area contributed by atoms with Gasteiger partial charge in [-0.1, -0.05) is 12.1 Å². The predicted molar refractivity (Wildman–Crippen MR) is 118 cm³/mol. The van der Waals surface area contributed by atoms with Crippen LogP contribution >= 0.6 is 0 Å². The minimum atomic E-state index is -4.21. The largest absolute Gasteiger partial charge is 0.489 e. The molecule has 0 bridgehead atoms. The van der Waals surface area contributed by atoms with Crippen molar-refractivity contribution < 1.29 is 32.2 Å². The number of carbonyl (C=O) groups is 2. The maximum Gasteiger partial charge on any atom is 0.327 e. The van der Waals surface area contributed by atoms with Crippen LogP contribution in [0.5, 0.6) is 5.75 Å². The minimum absolute atomic E-state index is 0.0582. The van der Waals surface area contributed by atoms with E-state index in [0.717, 1.165) is 10.5 Å². The number of nitrogens with zero attached hydrogens (tertiary/aromatic N) is 1. The number of aliphatic carboxylic acids is 1. The molecule has 1 fully saturated rings. The van der Waals surface area contributed by atoms with Crippen molar-refractivity contribution in [3.63, 3.8) is 0 Å². The number of sulfone groups is 1. The normalized spacial score (nSPS) is 22.5. The lowest BCUT2D eigenvalue weighted by Gasteiger charge is -2.54. The van der Waals surface area contributed by atoms with Crippen LogP contribution in [0.4, 0.5) is 9.18 Å². The Labute approximate surface area is 191 Å². The fourth-order valence-corrected chi connectivity index (χ4v) is 6.33. The molecule has 2 unspecified atom stereocenters. The lowest BCUT2D eigenvalue weighted by Crippen LogP contribution is -2.79. The fraction of sp³-hybridized carbons (Fsp3) is 0.364. The summed E-state index contributed by atoms with van der Waals surface area (Å²) in [5.41, 5.74) is 8.48. The molecule has 0 saturated carbocycles. The first-order valence-electron chi connectivity index (χ1n) is 10.1. The van der Waals surface area contributed by atoms with E-state index in [9.17, 15) is 27.5 Å². The van der Waals surface area contributed by atoms with E-state index in [0.29, 0.717) is 5.75 Å². The second-order valence-corrected chi connectivity index (χ2v) is 10.6. The molecule has 1 aliphatic rings. The van der Waals surface area contributed by atoms with Crippen LogP contribution in [0, 0.1) is 5.82 Å². The van der Waals surface area contributed by atoms with Gasteiger partial charge < -0.3 is 26.2 Å². The number of carbonyl (C=O) groups excluding carboxylic acids is 1. The van der Waals surface area contributed by atoms with E-state index in [1.807, 2.05) is 0 Å². The van der Waals surface area contributed by atoms with E-state index in [-0.39, 0.29) is 30.3 Å². The topological polar surface area (TPSA) is 153 Å². The Bertz CT molecular complexity index is 1150. The Morgan fingerprint density at radius 1 is 1.15 bits per heavy atom. The molecule has 1 heterocycles. The average Bonchev–Trinajstić information content (AvgIpc) is 2.74. The van der Waals surface area contributed by atoms with Gasteiger partial charge in [-0.3, -0.25) is 4.79 Å². The molecule has 2 aromatic rings. The number of piperidine rings is 1. The monoisotopic (exact) mass is 479 g/mol. The van der Waals surface area contributed by atoms with Crippen LogP contribution in [-0.2, 0) is 21.2 Å². The molecule has 0 aromatic heterocycles. The summed E-state index contributed by atoms with van der Waals surface area (Å²) in [5.74, 6) is -1.54. The van der Waals surface area contributed by atoms with E-state index in [2.05, 4.69) is 0 Å². The zero-order chi connectivity index (χ0) is 24.6. The summed E-state index contributed by atoms with van der Waals surface area (Å²) in [4.78, 5) is 25.0. The quantitative estimate of drug-likeness (QED) is 0.572. The third kappa shape index (κ3) is 4.25. The van der Waals surface area contributed by atoms with Crippen molar-refractivity contribution in [2.45, 2.75) is 48.1 Å². The van der Waals surface area contributed by atoms with E-state index < -0.39 is 38.2 Å². The van der Waals surface area contributed by atoms with Gasteiger partial charge in [0.15, 0.2) is 15.4 Å². The number of likely N-dealkylation sites (tertiary alicyclic amines) is 1. The highest BCUT2D eigenvalue weighted by Gasteiger charge is 2.63. The molecule has 11 heteroatoms. The van der Waals surface area contributed by atoms with Gasteiger partial charge in [0.1, 0.15) is 18.2 Å². The number of halogens is 1. The zero-order valence-electron chi connectivity index (χ0n) is 18.2. The third-order valence-electron chi connectivity index (χ3n) is 6.28. The molecule has 0 spiro atoms. The van der Waals surface area contributed by atoms with E-state index >= 15 is 0 Å². The summed E-state index contributed by atoms with van der Waals surface area (Å²) < 4.78 is 45.5. The molecular formula is C22H26FN3O6S. The number of carboxylic acids is 1. The highest BCUT2D eigenvalue weighted by molar-refractivity contribution is 7.92. The molecular weight excluding hydrogens is 453 g/mol. The molecule has 1 aliphatic heterocycles. The van der Waals surface area contributed by atoms with Gasteiger partial charge in [0.2, 0.25) is 0 Å². The van der Waals surface area contributed by atoms with Gasteiger partial charge in [-0.25, -0.2) is 17.6 Å². The number of hydrogen-bond acceptors (Lipinski definition) is 6. The van der Waals surface area contributed by atoms with Crippen LogP contribution in [0.25, 0.3) is 0 Å². The second-order valence-electron chi connectivity index (χ2n) is 8.43. The molecule has 3 rings (SSSR count). The summed E-state index contributed by atoms with van der Waals surface area (Å²) in [6.45, 7) is 2.87. The first-order chi connectivity index (χ1) is 15.3. The summed E-state index contributed by atoms with van der Waals surface area (Å²) in [6.07, 6.45) is -0.194. The number of urea groups is 1. The first-order valence-corrected chi connectivity index (χ1v) is 11.7. The molecule has 0 aliphatic carbocycles. The summed E-state index contributed by atoms with van der Waals surface area (Å²) in [7, 11) is -4.21. The average molecular weight is 480 g/mol. The van der Waals surface area contributed by atoms with Crippen molar-refractivity contribution in [3.8, 4) is 5.75 Å². The number of ether oxygens (including phenoxy) is 1. The zero-order valence-corrected chi connectivity index (χ0v) is 19.0. The Kier molecular flexibility index (Phi) is 6.40. The maximum atomic E-state index is 13.4. The van der Waals surface area contributed by atoms with Crippen LogP contribution in [0.15, 0.2) is 53.4 Å². The minimum Gasteiger partial charge on any atom is -0.489 e. The SMILES string of the molecule is CC1(C)N(C(N)=O)CCC(S(=O)(=O)c2ccc(OCc3ccc(F)cc3)cc2)C1(N)C(=O)O. The van der Waals surface area contributed by atoms with Gasteiger partial charge in [0, 0.05) is 6.54 Å². The van der Waals surface area contributed by atoms with E-state index in [1.165, 1.54) is 50.2 Å². The number of hydrogen-bond donors (Lipinski definition) is 3. The number of primary amides is 1. The molecule has 2 aromatic carbocycles. The maximum absolute atomic E-state index is 13.4. The molecule has 5 N–H and O–H groups in total. The molecule has 9 nitrogen and oxygen atoms in total. The number of carboxylic acid groups (broad SMARTS) is 1. The number of rotatable bonds is 6. The van der Waals surface area contributed by atoms with Crippen molar-refractivity contribution in [1.82, 2.24) is 4.90 Å². The van der Waals surface area contributed by atoms with E-state index in [1.54, 1.807) is 12.1 Å². The summed E-state index contributed by atoms with van der Waals surface area (Å²) in [6, 6.07) is 10.4. The van der Waals surface area contributed by atoms with Crippen molar-refractivity contribution in [2.24, 2.45) is 11.5 Å². The standard InChI is InChI=1S/C22H26FN3O6S/c1-21(2)22(25,19(27)28)18(11-12-26(21)20(24)29)33(30,31)17-9-7-16(8-10-17)32-13-14-3-5-15(23)6-4-14/h3-10,18H,11-13,25H2,1-2H3,(H2,24,29)(H,27,28). The Morgan fingerprint density at radius 3 is 2.24 bits per heavy atom. The Hall–Kier alpha value is -3.18. The predicted octanol–water partition coefficient (Wildman–Crippen LogP) is 1.89. The van der Waals surface area contributed by atoms with Gasteiger partial charge >= 0.3 is 12.0 Å². The first kappa shape index (κ1) is 24.5. The van der Waals surface area contributed by atoms with Crippen molar-refractivity contribution >= 4 is 21.8 Å². The summed E-state index contributed by atoms with van der Waals surface area (Å²) in [5, 5.41) is 8.44. The molecule has 0 radical (unpaired) electrons. The van der Waals surface area contributed by atoms with Crippen LogP contribution in [0.3, 0.4) is 0 Å². The van der Waals surface area contributed by atoms with Gasteiger partial charge in [-0.2, -0.15) is 0 Å². The second kappa shape index (κ2) is 8.64. The van der Waals surface area contributed by atoms with Crippen molar-refractivity contribution in [3.05, 3.63) is 59.9 Å². The lowest BCUT2D eigenvalue weighted by molar-refractivity contribution is -0.150. The van der Waals surface area contributed by atoms with E-state index in [4.69, 9.17) is 16.2 Å². The van der Waals surface area contributed by atoms with Crippen molar-refractivity contribution in [2.75, 3.05) is 6.54 Å².